The number of aromatic amines is 1. The molecule has 1 N–H and O–H groups in total. The fourth-order valence-electron chi connectivity index (χ4n) is 3.90. The molecule has 148 valence electrons. The molecule has 1 aliphatic carbocycles. The number of nitrogens with zero attached hydrogens (tertiary/aromatic N) is 3. The van der Waals surface area contributed by atoms with E-state index in [9.17, 15) is 9.18 Å². The Hall–Kier alpha value is -3.42. The fraction of sp³-hybridized carbons (Fsp3) is 0.286. The van der Waals surface area contributed by atoms with Crippen molar-refractivity contribution in [3.05, 3.63) is 64.7 Å². The summed E-state index contributed by atoms with van der Waals surface area (Å²) in [5.41, 5.74) is 2.32. The SMILES string of the molecule is O=c1[nH]c2cc(-c3noc(COc4ccc(F)cc4)n3)ccc2n1C1CCCC1. The minimum atomic E-state index is -0.326. The zero-order chi connectivity index (χ0) is 19.8. The Labute approximate surface area is 165 Å². The third-order valence-electron chi connectivity index (χ3n) is 5.31. The molecule has 2 heterocycles. The summed E-state index contributed by atoms with van der Waals surface area (Å²) in [5.74, 6) is 0.909. The van der Waals surface area contributed by atoms with E-state index in [0.717, 1.165) is 42.3 Å². The van der Waals surface area contributed by atoms with Crippen molar-refractivity contribution in [2.75, 3.05) is 0 Å². The predicted octanol–water partition coefficient (Wildman–Crippen LogP) is 4.21. The van der Waals surface area contributed by atoms with Gasteiger partial charge in [0.25, 0.3) is 5.89 Å². The lowest BCUT2D eigenvalue weighted by Gasteiger charge is -2.11. The molecule has 29 heavy (non-hydrogen) atoms. The number of benzene rings is 2. The lowest BCUT2D eigenvalue weighted by molar-refractivity contribution is 0.242. The second-order valence-corrected chi connectivity index (χ2v) is 7.22. The maximum absolute atomic E-state index is 12.9. The van der Waals surface area contributed by atoms with Gasteiger partial charge in [-0.1, -0.05) is 18.0 Å². The number of hydrogen-bond acceptors (Lipinski definition) is 5. The quantitative estimate of drug-likeness (QED) is 0.548. The van der Waals surface area contributed by atoms with Gasteiger partial charge in [0, 0.05) is 11.6 Å². The lowest BCUT2D eigenvalue weighted by atomic mass is 10.1. The number of rotatable bonds is 5. The Morgan fingerprint density at radius 3 is 2.76 bits per heavy atom. The van der Waals surface area contributed by atoms with Gasteiger partial charge in [-0.25, -0.2) is 9.18 Å². The minimum Gasteiger partial charge on any atom is -0.484 e. The number of aromatic nitrogens is 4. The second kappa shape index (κ2) is 7.20. The molecule has 0 spiro atoms. The lowest BCUT2D eigenvalue weighted by Crippen LogP contribution is -2.20. The van der Waals surface area contributed by atoms with E-state index in [1.807, 2.05) is 22.8 Å². The molecular weight excluding hydrogens is 375 g/mol. The van der Waals surface area contributed by atoms with Crippen LogP contribution in [0.4, 0.5) is 4.39 Å². The van der Waals surface area contributed by atoms with Gasteiger partial charge in [0.05, 0.1) is 11.0 Å². The first-order valence-electron chi connectivity index (χ1n) is 9.63. The number of ether oxygens (including phenoxy) is 1. The highest BCUT2D eigenvalue weighted by Gasteiger charge is 2.21. The van der Waals surface area contributed by atoms with Gasteiger partial charge in [0.15, 0.2) is 6.61 Å². The van der Waals surface area contributed by atoms with Crippen molar-refractivity contribution >= 4 is 11.0 Å². The van der Waals surface area contributed by atoms with E-state index in [-0.39, 0.29) is 24.2 Å². The average molecular weight is 394 g/mol. The Kier molecular flexibility index (Phi) is 4.38. The van der Waals surface area contributed by atoms with E-state index in [1.165, 1.54) is 24.3 Å². The highest BCUT2D eigenvalue weighted by atomic mass is 19.1. The van der Waals surface area contributed by atoms with Crippen LogP contribution in [0.1, 0.15) is 37.6 Å². The monoisotopic (exact) mass is 394 g/mol. The van der Waals surface area contributed by atoms with Crippen LogP contribution in [0.3, 0.4) is 0 Å². The van der Waals surface area contributed by atoms with E-state index >= 15 is 0 Å². The molecule has 8 heteroatoms. The number of imidazole rings is 1. The molecule has 2 aromatic heterocycles. The van der Waals surface area contributed by atoms with Crippen molar-refractivity contribution in [2.45, 2.75) is 38.3 Å². The summed E-state index contributed by atoms with van der Waals surface area (Å²) < 4.78 is 25.6. The molecule has 4 aromatic rings. The van der Waals surface area contributed by atoms with Crippen molar-refractivity contribution in [3.8, 4) is 17.1 Å². The minimum absolute atomic E-state index is 0.0782. The predicted molar refractivity (Wildman–Crippen MR) is 104 cm³/mol. The molecule has 0 unspecified atom stereocenters. The Bertz CT molecular complexity index is 1200. The van der Waals surface area contributed by atoms with Crippen molar-refractivity contribution in [3.63, 3.8) is 0 Å². The largest absolute Gasteiger partial charge is 0.484 e. The molecule has 7 nitrogen and oxygen atoms in total. The van der Waals surface area contributed by atoms with Crippen LogP contribution in [0.5, 0.6) is 5.75 Å². The van der Waals surface area contributed by atoms with Gasteiger partial charge >= 0.3 is 5.69 Å². The van der Waals surface area contributed by atoms with Crippen LogP contribution in [-0.2, 0) is 6.61 Å². The molecule has 1 saturated carbocycles. The van der Waals surface area contributed by atoms with Crippen LogP contribution >= 0.6 is 0 Å². The average Bonchev–Trinajstić information content (AvgIpc) is 3.46. The molecule has 0 amide bonds. The molecule has 1 fully saturated rings. The van der Waals surface area contributed by atoms with Crippen LogP contribution < -0.4 is 10.4 Å². The zero-order valence-corrected chi connectivity index (χ0v) is 15.6. The Morgan fingerprint density at radius 2 is 1.97 bits per heavy atom. The normalized spacial score (nSPS) is 14.7. The van der Waals surface area contributed by atoms with Gasteiger partial charge in [0.1, 0.15) is 11.6 Å². The first-order chi connectivity index (χ1) is 14.2. The molecule has 1 aliphatic rings. The molecule has 0 aliphatic heterocycles. The first-order valence-corrected chi connectivity index (χ1v) is 9.63. The van der Waals surface area contributed by atoms with E-state index in [0.29, 0.717) is 17.5 Å². The fourth-order valence-corrected chi connectivity index (χ4v) is 3.90. The molecule has 0 bridgehead atoms. The summed E-state index contributed by atoms with van der Waals surface area (Å²) >= 11 is 0. The maximum atomic E-state index is 12.9. The second-order valence-electron chi connectivity index (χ2n) is 7.22. The van der Waals surface area contributed by atoms with Crippen LogP contribution in [0.2, 0.25) is 0 Å². The molecule has 0 atom stereocenters. The summed E-state index contributed by atoms with van der Waals surface area (Å²) in [6.45, 7) is 0.0791. The van der Waals surface area contributed by atoms with Crippen molar-refractivity contribution in [2.24, 2.45) is 0 Å². The Balaban J connectivity index is 1.37. The number of halogens is 1. The highest BCUT2D eigenvalue weighted by Crippen LogP contribution is 2.31. The van der Waals surface area contributed by atoms with Crippen molar-refractivity contribution in [1.82, 2.24) is 19.7 Å². The van der Waals surface area contributed by atoms with Crippen molar-refractivity contribution in [1.29, 1.82) is 0 Å². The molecule has 5 rings (SSSR count). The summed E-state index contributed by atoms with van der Waals surface area (Å²) in [6.07, 6.45) is 4.40. The van der Waals surface area contributed by atoms with E-state index < -0.39 is 0 Å². The van der Waals surface area contributed by atoms with Gasteiger partial charge in [-0.2, -0.15) is 4.98 Å². The summed E-state index contributed by atoms with van der Waals surface area (Å²) in [5, 5.41) is 4.00. The zero-order valence-electron chi connectivity index (χ0n) is 15.6. The third kappa shape index (κ3) is 3.41. The smallest absolute Gasteiger partial charge is 0.326 e. The van der Waals surface area contributed by atoms with Gasteiger partial charge in [0.2, 0.25) is 5.82 Å². The Morgan fingerprint density at radius 1 is 1.17 bits per heavy atom. The molecular formula is C21H19FN4O3. The number of hydrogen-bond donors (Lipinski definition) is 1. The van der Waals surface area contributed by atoms with Gasteiger partial charge in [-0.15, -0.1) is 0 Å². The van der Waals surface area contributed by atoms with Gasteiger partial charge in [-0.05, 0) is 55.3 Å². The standard InChI is InChI=1S/C21H19FN4O3/c22-14-6-8-16(9-7-14)28-12-19-24-20(25-29-19)13-5-10-18-17(11-13)23-21(27)26(18)15-3-1-2-4-15/h5-11,15H,1-4,12H2,(H,23,27). The maximum Gasteiger partial charge on any atom is 0.326 e. The van der Waals surface area contributed by atoms with E-state index in [4.69, 9.17) is 9.26 Å². The van der Waals surface area contributed by atoms with Gasteiger partial charge < -0.3 is 14.2 Å². The van der Waals surface area contributed by atoms with Crippen LogP contribution in [0.15, 0.2) is 51.8 Å². The number of nitrogens with one attached hydrogen (secondary N) is 1. The number of fused-ring (bicyclic) bond motifs is 1. The van der Waals surface area contributed by atoms with Crippen LogP contribution in [-0.4, -0.2) is 19.7 Å². The van der Waals surface area contributed by atoms with E-state index in [2.05, 4.69) is 15.1 Å². The molecule has 2 aromatic carbocycles. The topological polar surface area (TPSA) is 85.9 Å². The first kappa shape index (κ1) is 17.7. The molecule has 0 radical (unpaired) electrons. The third-order valence-corrected chi connectivity index (χ3v) is 5.31. The van der Waals surface area contributed by atoms with Crippen LogP contribution in [0, 0.1) is 5.82 Å². The van der Waals surface area contributed by atoms with Crippen LogP contribution in [0.25, 0.3) is 22.4 Å². The summed E-state index contributed by atoms with van der Waals surface area (Å²) in [7, 11) is 0. The van der Waals surface area contributed by atoms with Gasteiger partial charge in [-0.3, -0.25) is 4.57 Å². The summed E-state index contributed by atoms with van der Waals surface area (Å²) in [4.78, 5) is 19.7. The highest BCUT2D eigenvalue weighted by molar-refractivity contribution is 5.80. The summed E-state index contributed by atoms with van der Waals surface area (Å²) in [6, 6.07) is 11.6. The number of H-pyrrole nitrogens is 1. The molecule has 0 saturated heterocycles. The van der Waals surface area contributed by atoms with E-state index in [1.54, 1.807) is 0 Å². The van der Waals surface area contributed by atoms with Crippen molar-refractivity contribution < 1.29 is 13.7 Å².